The van der Waals surface area contributed by atoms with E-state index in [0.717, 1.165) is 0 Å². The lowest BCUT2D eigenvalue weighted by Gasteiger charge is -2.08. The van der Waals surface area contributed by atoms with Crippen molar-refractivity contribution in [3.8, 4) is 5.75 Å². The minimum atomic E-state index is -1.10. The van der Waals surface area contributed by atoms with Crippen molar-refractivity contribution in [2.45, 2.75) is 6.92 Å². The molecule has 1 aromatic carbocycles. The highest BCUT2D eigenvalue weighted by Crippen LogP contribution is 2.24. The maximum absolute atomic E-state index is 10.8. The highest BCUT2D eigenvalue weighted by molar-refractivity contribution is 5.95. The Bertz CT molecular complexity index is 382. The first-order chi connectivity index (χ1) is 6.60. The van der Waals surface area contributed by atoms with E-state index in [-0.39, 0.29) is 16.9 Å². The average Bonchev–Trinajstić information content (AvgIpc) is 2.16. The Hall–Kier alpha value is -1.84. The summed E-state index contributed by atoms with van der Waals surface area (Å²) in [5.41, 5.74) is 0.977. The van der Waals surface area contributed by atoms with Crippen molar-refractivity contribution in [2.24, 2.45) is 0 Å². The van der Waals surface area contributed by atoms with Gasteiger partial charge in [-0.05, 0) is 24.6 Å². The highest BCUT2D eigenvalue weighted by Gasteiger charge is 2.15. The van der Waals surface area contributed by atoms with Crippen LogP contribution in [0.3, 0.4) is 0 Å². The molecule has 0 spiro atoms. The summed E-state index contributed by atoms with van der Waals surface area (Å²) in [7, 11) is 1.34. The zero-order valence-corrected chi connectivity index (χ0v) is 7.90. The standard InChI is InChI=1S/C10H10O4/c1-6-3-7(5-11)9(14-2)8(4-6)10(12)13/h3-5H,1-2H3,(H,12,13). The van der Waals surface area contributed by atoms with Gasteiger partial charge in [-0.3, -0.25) is 4.79 Å². The molecule has 0 bridgehead atoms. The van der Waals surface area contributed by atoms with E-state index in [1.165, 1.54) is 13.2 Å². The van der Waals surface area contributed by atoms with E-state index in [1.54, 1.807) is 13.0 Å². The van der Waals surface area contributed by atoms with Gasteiger partial charge in [0.1, 0.15) is 11.3 Å². The highest BCUT2D eigenvalue weighted by atomic mass is 16.5. The lowest BCUT2D eigenvalue weighted by molar-refractivity contribution is 0.0693. The molecule has 0 aliphatic rings. The maximum Gasteiger partial charge on any atom is 0.339 e. The number of carboxylic acid groups (broad SMARTS) is 1. The van der Waals surface area contributed by atoms with Gasteiger partial charge in [0.2, 0.25) is 0 Å². The second kappa shape index (κ2) is 3.91. The van der Waals surface area contributed by atoms with Gasteiger partial charge in [-0.25, -0.2) is 4.79 Å². The number of hydrogen-bond acceptors (Lipinski definition) is 3. The molecule has 0 unspecified atom stereocenters. The Morgan fingerprint density at radius 3 is 2.57 bits per heavy atom. The number of aldehydes is 1. The maximum atomic E-state index is 10.8. The van der Waals surface area contributed by atoms with Crippen molar-refractivity contribution < 1.29 is 19.4 Å². The SMILES string of the molecule is COc1c(C=O)cc(C)cc1C(=O)O. The quantitative estimate of drug-likeness (QED) is 0.741. The van der Waals surface area contributed by atoms with Crippen molar-refractivity contribution >= 4 is 12.3 Å². The molecule has 0 amide bonds. The molecule has 4 nitrogen and oxygen atoms in total. The van der Waals surface area contributed by atoms with Crippen LogP contribution < -0.4 is 4.74 Å². The molecule has 0 aliphatic heterocycles. The molecule has 0 fully saturated rings. The third kappa shape index (κ3) is 1.74. The number of aryl methyl sites for hydroxylation is 1. The zero-order chi connectivity index (χ0) is 10.7. The smallest absolute Gasteiger partial charge is 0.339 e. The summed E-state index contributed by atoms with van der Waals surface area (Å²) in [6.07, 6.45) is 0.582. The van der Waals surface area contributed by atoms with Crippen LogP contribution in [-0.2, 0) is 0 Å². The fraction of sp³-hybridized carbons (Fsp3) is 0.200. The van der Waals surface area contributed by atoms with Gasteiger partial charge < -0.3 is 9.84 Å². The van der Waals surface area contributed by atoms with Gasteiger partial charge in [-0.1, -0.05) is 0 Å². The average molecular weight is 194 g/mol. The van der Waals surface area contributed by atoms with Gasteiger partial charge in [-0.2, -0.15) is 0 Å². The van der Waals surface area contributed by atoms with Crippen LogP contribution in [-0.4, -0.2) is 24.5 Å². The molecule has 0 atom stereocenters. The Morgan fingerprint density at radius 1 is 1.50 bits per heavy atom. The Labute approximate surface area is 81.1 Å². The summed E-state index contributed by atoms with van der Waals surface area (Å²) in [6.45, 7) is 1.72. The molecule has 4 heteroatoms. The van der Waals surface area contributed by atoms with Crippen LogP contribution in [0.4, 0.5) is 0 Å². The number of rotatable bonds is 3. The fourth-order valence-electron chi connectivity index (χ4n) is 1.28. The number of methoxy groups -OCH3 is 1. The molecule has 74 valence electrons. The third-order valence-corrected chi connectivity index (χ3v) is 1.82. The second-order valence-electron chi connectivity index (χ2n) is 2.86. The van der Waals surface area contributed by atoms with Gasteiger partial charge in [0.25, 0.3) is 0 Å². The molecule has 0 radical (unpaired) electrons. The van der Waals surface area contributed by atoms with Crippen LogP contribution in [0.1, 0.15) is 26.3 Å². The molecule has 1 rings (SSSR count). The van der Waals surface area contributed by atoms with Gasteiger partial charge in [0, 0.05) is 0 Å². The number of carboxylic acids is 1. The first kappa shape index (κ1) is 10.2. The normalized spacial score (nSPS) is 9.57. The predicted octanol–water partition coefficient (Wildman–Crippen LogP) is 1.51. The van der Waals surface area contributed by atoms with E-state index in [0.29, 0.717) is 11.8 Å². The van der Waals surface area contributed by atoms with E-state index >= 15 is 0 Å². The lowest BCUT2D eigenvalue weighted by atomic mass is 10.1. The molecule has 1 aromatic rings. The number of carbonyl (C=O) groups is 2. The number of carbonyl (C=O) groups excluding carboxylic acids is 1. The van der Waals surface area contributed by atoms with Crippen LogP contribution in [0.5, 0.6) is 5.75 Å². The summed E-state index contributed by atoms with van der Waals surface area (Å²) in [6, 6.07) is 3.05. The molecule has 0 aliphatic carbocycles. The topological polar surface area (TPSA) is 63.6 Å². The number of ether oxygens (including phenoxy) is 1. The summed E-state index contributed by atoms with van der Waals surface area (Å²) < 4.78 is 4.87. The van der Waals surface area contributed by atoms with Crippen LogP contribution in [0.15, 0.2) is 12.1 Å². The Morgan fingerprint density at radius 2 is 2.14 bits per heavy atom. The van der Waals surface area contributed by atoms with E-state index in [2.05, 4.69) is 0 Å². The number of benzene rings is 1. The Kier molecular flexibility index (Phi) is 2.86. The van der Waals surface area contributed by atoms with Crippen LogP contribution >= 0.6 is 0 Å². The first-order valence-electron chi connectivity index (χ1n) is 3.97. The van der Waals surface area contributed by atoms with E-state index in [9.17, 15) is 9.59 Å². The van der Waals surface area contributed by atoms with E-state index < -0.39 is 5.97 Å². The van der Waals surface area contributed by atoms with Crippen LogP contribution in [0.25, 0.3) is 0 Å². The summed E-state index contributed by atoms with van der Waals surface area (Å²) >= 11 is 0. The minimum Gasteiger partial charge on any atom is -0.495 e. The minimum absolute atomic E-state index is 0.00889. The lowest BCUT2D eigenvalue weighted by Crippen LogP contribution is -2.04. The summed E-state index contributed by atoms with van der Waals surface area (Å²) in [5, 5.41) is 8.85. The largest absolute Gasteiger partial charge is 0.495 e. The molecule has 14 heavy (non-hydrogen) atoms. The van der Waals surface area contributed by atoms with Crippen LogP contribution in [0, 0.1) is 6.92 Å². The molecule has 0 heterocycles. The zero-order valence-electron chi connectivity index (χ0n) is 7.90. The molecule has 0 saturated carbocycles. The van der Waals surface area contributed by atoms with Gasteiger partial charge in [-0.15, -0.1) is 0 Å². The Balaban J connectivity index is 3.46. The van der Waals surface area contributed by atoms with Gasteiger partial charge >= 0.3 is 5.97 Å². The molecular formula is C10H10O4. The molecule has 0 saturated heterocycles. The van der Waals surface area contributed by atoms with Crippen molar-refractivity contribution in [2.75, 3.05) is 7.11 Å². The first-order valence-corrected chi connectivity index (χ1v) is 3.97. The molecular weight excluding hydrogens is 184 g/mol. The van der Waals surface area contributed by atoms with E-state index in [1.807, 2.05) is 0 Å². The summed E-state index contributed by atoms with van der Waals surface area (Å²) in [5.74, 6) is -0.994. The molecule has 0 aromatic heterocycles. The monoisotopic (exact) mass is 194 g/mol. The second-order valence-corrected chi connectivity index (χ2v) is 2.86. The van der Waals surface area contributed by atoms with Crippen LogP contribution in [0.2, 0.25) is 0 Å². The molecule has 1 N–H and O–H groups in total. The number of aromatic carboxylic acids is 1. The predicted molar refractivity (Wildman–Crippen MR) is 50.1 cm³/mol. The van der Waals surface area contributed by atoms with Crippen molar-refractivity contribution in [1.82, 2.24) is 0 Å². The van der Waals surface area contributed by atoms with Crippen molar-refractivity contribution in [1.29, 1.82) is 0 Å². The number of hydrogen-bond donors (Lipinski definition) is 1. The van der Waals surface area contributed by atoms with Crippen molar-refractivity contribution in [3.63, 3.8) is 0 Å². The van der Waals surface area contributed by atoms with Crippen molar-refractivity contribution in [3.05, 3.63) is 28.8 Å². The summed E-state index contributed by atoms with van der Waals surface area (Å²) in [4.78, 5) is 21.4. The van der Waals surface area contributed by atoms with Gasteiger partial charge in [0.15, 0.2) is 6.29 Å². The third-order valence-electron chi connectivity index (χ3n) is 1.82. The fourth-order valence-corrected chi connectivity index (χ4v) is 1.28. The van der Waals surface area contributed by atoms with Gasteiger partial charge in [0.05, 0.1) is 12.7 Å². The van der Waals surface area contributed by atoms with E-state index in [4.69, 9.17) is 9.84 Å².